The topological polar surface area (TPSA) is 43.8 Å². The van der Waals surface area contributed by atoms with Crippen molar-refractivity contribution in [3.63, 3.8) is 0 Å². The van der Waals surface area contributed by atoms with Crippen LogP contribution in [0.3, 0.4) is 0 Å². The fraction of sp³-hybridized carbons (Fsp3) is 0. The van der Waals surface area contributed by atoms with Crippen LogP contribution in [0, 0.1) is 5.82 Å². The zero-order chi connectivity index (χ0) is 13.4. The average Bonchev–Trinajstić information content (AvgIpc) is 2.95. The maximum atomic E-state index is 13.2. The van der Waals surface area contributed by atoms with Gasteiger partial charge in [-0.2, -0.15) is 5.10 Å². The molecule has 0 atom stereocenters. The zero-order valence-corrected chi connectivity index (χ0v) is 12.1. The molecule has 0 fully saturated rings. The van der Waals surface area contributed by atoms with E-state index in [4.69, 9.17) is 5.73 Å². The molecular weight excluding hydrogens is 329 g/mol. The summed E-state index contributed by atoms with van der Waals surface area (Å²) in [7, 11) is 0. The van der Waals surface area contributed by atoms with Gasteiger partial charge in [0, 0.05) is 0 Å². The largest absolute Gasteiger partial charge is 0.396 e. The SMILES string of the molecule is Nc1cn(-c2cccc(F)c2)nc1-c1ccc(Br)s1. The smallest absolute Gasteiger partial charge is 0.126 e. The van der Waals surface area contributed by atoms with Crippen LogP contribution in [-0.2, 0) is 0 Å². The van der Waals surface area contributed by atoms with Crippen LogP contribution in [-0.4, -0.2) is 9.78 Å². The Kier molecular flexibility index (Phi) is 3.12. The lowest BCUT2D eigenvalue weighted by molar-refractivity contribution is 0.625. The Labute approximate surface area is 121 Å². The molecule has 0 saturated heterocycles. The van der Waals surface area contributed by atoms with E-state index >= 15 is 0 Å². The molecule has 0 unspecified atom stereocenters. The van der Waals surface area contributed by atoms with Crippen LogP contribution in [0.5, 0.6) is 0 Å². The highest BCUT2D eigenvalue weighted by molar-refractivity contribution is 9.11. The molecule has 2 aromatic heterocycles. The second-order valence-electron chi connectivity index (χ2n) is 3.96. The van der Waals surface area contributed by atoms with Crippen molar-refractivity contribution in [2.75, 3.05) is 5.73 Å². The van der Waals surface area contributed by atoms with Crippen molar-refractivity contribution < 1.29 is 4.39 Å². The number of aromatic nitrogens is 2. The number of benzene rings is 1. The van der Waals surface area contributed by atoms with Crippen LogP contribution in [0.4, 0.5) is 10.1 Å². The van der Waals surface area contributed by atoms with Gasteiger partial charge < -0.3 is 5.73 Å². The number of hydrogen-bond acceptors (Lipinski definition) is 3. The molecule has 0 aliphatic rings. The number of anilines is 1. The van der Waals surface area contributed by atoms with Crippen LogP contribution in [0.1, 0.15) is 0 Å². The minimum atomic E-state index is -0.299. The summed E-state index contributed by atoms with van der Waals surface area (Å²) < 4.78 is 15.8. The number of thiophene rings is 1. The third-order valence-corrected chi connectivity index (χ3v) is 4.25. The van der Waals surface area contributed by atoms with E-state index in [1.807, 2.05) is 12.1 Å². The molecule has 0 aliphatic heterocycles. The van der Waals surface area contributed by atoms with Crippen molar-refractivity contribution in [3.8, 4) is 16.3 Å². The van der Waals surface area contributed by atoms with E-state index < -0.39 is 0 Å². The van der Waals surface area contributed by atoms with Crippen LogP contribution in [0.2, 0.25) is 0 Å². The van der Waals surface area contributed by atoms with E-state index in [9.17, 15) is 4.39 Å². The molecule has 0 bridgehead atoms. The Morgan fingerprint density at radius 2 is 2.11 bits per heavy atom. The first-order valence-corrected chi connectivity index (χ1v) is 7.11. The van der Waals surface area contributed by atoms with E-state index in [1.165, 1.54) is 12.1 Å². The monoisotopic (exact) mass is 337 g/mol. The molecule has 0 aliphatic carbocycles. The average molecular weight is 338 g/mol. The third-order valence-electron chi connectivity index (χ3n) is 2.62. The van der Waals surface area contributed by atoms with Gasteiger partial charge in [-0.25, -0.2) is 9.07 Å². The van der Waals surface area contributed by atoms with Gasteiger partial charge in [0.15, 0.2) is 0 Å². The molecule has 6 heteroatoms. The van der Waals surface area contributed by atoms with Gasteiger partial charge in [0.1, 0.15) is 11.5 Å². The van der Waals surface area contributed by atoms with Crippen LogP contribution in [0.15, 0.2) is 46.4 Å². The Morgan fingerprint density at radius 1 is 1.26 bits per heavy atom. The van der Waals surface area contributed by atoms with E-state index in [2.05, 4.69) is 21.0 Å². The lowest BCUT2D eigenvalue weighted by Crippen LogP contribution is -1.95. The summed E-state index contributed by atoms with van der Waals surface area (Å²) in [5.41, 5.74) is 7.90. The Morgan fingerprint density at radius 3 is 2.79 bits per heavy atom. The first-order chi connectivity index (χ1) is 9.13. The number of rotatable bonds is 2. The van der Waals surface area contributed by atoms with Gasteiger partial charge in [0.2, 0.25) is 0 Å². The molecule has 19 heavy (non-hydrogen) atoms. The lowest BCUT2D eigenvalue weighted by atomic mass is 10.3. The highest BCUT2D eigenvalue weighted by atomic mass is 79.9. The van der Waals surface area contributed by atoms with Crippen LogP contribution in [0.25, 0.3) is 16.3 Å². The molecule has 1 aromatic carbocycles. The second-order valence-corrected chi connectivity index (χ2v) is 6.42. The van der Waals surface area contributed by atoms with Crippen LogP contribution < -0.4 is 5.73 Å². The number of halogens is 2. The van der Waals surface area contributed by atoms with Crippen molar-refractivity contribution in [1.82, 2.24) is 9.78 Å². The normalized spacial score (nSPS) is 10.8. The lowest BCUT2D eigenvalue weighted by Gasteiger charge is -2.00. The van der Waals surface area contributed by atoms with Gasteiger partial charge in [-0.3, -0.25) is 0 Å². The van der Waals surface area contributed by atoms with Gasteiger partial charge in [0.05, 0.1) is 26.2 Å². The summed E-state index contributed by atoms with van der Waals surface area (Å²) in [5, 5.41) is 4.42. The van der Waals surface area contributed by atoms with Crippen molar-refractivity contribution >= 4 is 33.0 Å². The Hall–Kier alpha value is -1.66. The minimum Gasteiger partial charge on any atom is -0.396 e. The summed E-state index contributed by atoms with van der Waals surface area (Å²) in [6.45, 7) is 0. The van der Waals surface area contributed by atoms with Crippen molar-refractivity contribution in [1.29, 1.82) is 0 Å². The van der Waals surface area contributed by atoms with E-state index in [1.54, 1.807) is 34.3 Å². The van der Waals surface area contributed by atoms with Gasteiger partial charge >= 0.3 is 0 Å². The molecule has 0 saturated carbocycles. The fourth-order valence-electron chi connectivity index (χ4n) is 1.77. The molecule has 3 rings (SSSR count). The van der Waals surface area contributed by atoms with Crippen molar-refractivity contribution in [2.45, 2.75) is 0 Å². The number of nitrogens with two attached hydrogens (primary N) is 1. The molecule has 0 amide bonds. The highest BCUT2D eigenvalue weighted by Gasteiger charge is 2.11. The highest BCUT2D eigenvalue weighted by Crippen LogP contribution is 2.33. The van der Waals surface area contributed by atoms with Gasteiger partial charge in [-0.1, -0.05) is 6.07 Å². The van der Waals surface area contributed by atoms with Gasteiger partial charge in [-0.15, -0.1) is 11.3 Å². The molecule has 2 N–H and O–H groups in total. The zero-order valence-electron chi connectivity index (χ0n) is 9.68. The van der Waals surface area contributed by atoms with E-state index in [-0.39, 0.29) is 5.82 Å². The van der Waals surface area contributed by atoms with Crippen molar-refractivity contribution in [3.05, 3.63) is 52.2 Å². The number of nitrogens with zero attached hydrogens (tertiary/aromatic N) is 2. The molecule has 2 heterocycles. The summed E-state index contributed by atoms with van der Waals surface area (Å²) in [5.74, 6) is -0.299. The maximum Gasteiger partial charge on any atom is 0.126 e. The quantitative estimate of drug-likeness (QED) is 0.765. The maximum absolute atomic E-state index is 13.2. The Bertz CT molecular complexity index is 735. The molecule has 3 nitrogen and oxygen atoms in total. The standard InChI is InChI=1S/C13H9BrFN3S/c14-12-5-4-11(19-12)13-10(16)7-18(17-13)9-3-1-2-8(15)6-9/h1-7H,16H2. The second kappa shape index (κ2) is 4.79. The first-order valence-electron chi connectivity index (χ1n) is 5.50. The Balaban J connectivity index is 2.06. The summed E-state index contributed by atoms with van der Waals surface area (Å²) in [6, 6.07) is 10.1. The summed E-state index contributed by atoms with van der Waals surface area (Å²) in [4.78, 5) is 0.972. The fourth-order valence-corrected chi connectivity index (χ4v) is 3.16. The molecular formula is C13H9BrFN3S. The predicted octanol–water partition coefficient (Wildman–Crippen LogP) is 4.08. The first kappa shape index (κ1) is 12.4. The van der Waals surface area contributed by atoms with Crippen LogP contribution >= 0.6 is 27.3 Å². The summed E-state index contributed by atoms with van der Waals surface area (Å²) in [6.07, 6.45) is 1.69. The molecule has 0 spiro atoms. The van der Waals surface area contributed by atoms with Gasteiger partial charge in [-0.05, 0) is 46.3 Å². The predicted molar refractivity (Wildman–Crippen MR) is 78.9 cm³/mol. The molecule has 96 valence electrons. The minimum absolute atomic E-state index is 0.299. The van der Waals surface area contributed by atoms with Gasteiger partial charge in [0.25, 0.3) is 0 Å². The third kappa shape index (κ3) is 2.41. The molecule has 0 radical (unpaired) electrons. The summed E-state index contributed by atoms with van der Waals surface area (Å²) >= 11 is 4.96. The van der Waals surface area contributed by atoms with E-state index in [0.29, 0.717) is 17.1 Å². The van der Waals surface area contributed by atoms with Crippen molar-refractivity contribution in [2.24, 2.45) is 0 Å². The number of nitrogen functional groups attached to an aromatic ring is 1. The number of hydrogen-bond donors (Lipinski definition) is 1. The van der Waals surface area contributed by atoms with E-state index in [0.717, 1.165) is 8.66 Å². The molecule has 3 aromatic rings.